The van der Waals surface area contributed by atoms with Gasteiger partial charge in [-0.2, -0.15) is 0 Å². The quantitative estimate of drug-likeness (QED) is 0.435. The van der Waals surface area contributed by atoms with E-state index in [-0.39, 0.29) is 25.5 Å². The van der Waals surface area contributed by atoms with Crippen LogP contribution in [0.4, 0.5) is 0 Å². The van der Waals surface area contributed by atoms with Crippen LogP contribution in [0.25, 0.3) is 0 Å². The summed E-state index contributed by atoms with van der Waals surface area (Å²) in [5, 5.41) is 2.91. The number of hydrogen-bond acceptors (Lipinski definition) is 5. The third-order valence-corrected chi connectivity index (χ3v) is 5.09. The standard InChI is InChI=1S/C27H29NO5/c1-3-32-26(30)18-24(22-15-10-16-23(17-22)31-2)28-25(29)19-33-27(20-11-6-4-7-12-20)21-13-8-5-9-14-21/h4-17,24,27H,3,18-19H2,1-2H3,(H,28,29). The average molecular weight is 448 g/mol. The van der Waals surface area contributed by atoms with Crippen molar-refractivity contribution < 1.29 is 23.8 Å². The first kappa shape index (κ1) is 24.0. The summed E-state index contributed by atoms with van der Waals surface area (Å²) in [4.78, 5) is 25.0. The van der Waals surface area contributed by atoms with E-state index >= 15 is 0 Å². The molecule has 6 heteroatoms. The maximum absolute atomic E-state index is 12.9. The molecule has 1 N–H and O–H groups in total. The van der Waals surface area contributed by atoms with Crippen molar-refractivity contribution >= 4 is 11.9 Å². The average Bonchev–Trinajstić information content (AvgIpc) is 2.85. The van der Waals surface area contributed by atoms with Crippen LogP contribution in [-0.4, -0.2) is 32.2 Å². The summed E-state index contributed by atoms with van der Waals surface area (Å²) in [6, 6.07) is 26.2. The van der Waals surface area contributed by atoms with E-state index in [4.69, 9.17) is 14.2 Å². The Labute approximate surface area is 194 Å². The SMILES string of the molecule is CCOC(=O)CC(NC(=O)COC(c1ccccc1)c1ccccc1)c1cccc(OC)c1. The fourth-order valence-corrected chi connectivity index (χ4v) is 3.53. The lowest BCUT2D eigenvalue weighted by atomic mass is 10.0. The van der Waals surface area contributed by atoms with Gasteiger partial charge >= 0.3 is 5.97 Å². The van der Waals surface area contributed by atoms with Gasteiger partial charge in [0.05, 0.1) is 26.2 Å². The molecule has 3 rings (SSSR count). The van der Waals surface area contributed by atoms with Gasteiger partial charge < -0.3 is 19.5 Å². The Hall–Kier alpha value is -3.64. The molecular formula is C27H29NO5. The van der Waals surface area contributed by atoms with E-state index in [2.05, 4.69) is 5.32 Å². The topological polar surface area (TPSA) is 73.9 Å². The number of carbonyl (C=O) groups excluding carboxylic acids is 2. The summed E-state index contributed by atoms with van der Waals surface area (Å²) >= 11 is 0. The fourth-order valence-electron chi connectivity index (χ4n) is 3.53. The molecule has 1 amide bonds. The van der Waals surface area contributed by atoms with Crippen LogP contribution in [0.1, 0.15) is 42.2 Å². The highest BCUT2D eigenvalue weighted by Gasteiger charge is 2.22. The van der Waals surface area contributed by atoms with Gasteiger partial charge in [-0.05, 0) is 35.7 Å². The number of methoxy groups -OCH3 is 1. The monoisotopic (exact) mass is 447 g/mol. The Morgan fingerprint density at radius 3 is 2.03 bits per heavy atom. The van der Waals surface area contributed by atoms with Crippen molar-refractivity contribution in [3.8, 4) is 5.75 Å². The molecule has 0 heterocycles. The molecule has 3 aromatic rings. The molecule has 3 aromatic carbocycles. The van der Waals surface area contributed by atoms with Crippen LogP contribution in [0.5, 0.6) is 5.75 Å². The van der Waals surface area contributed by atoms with Gasteiger partial charge in [-0.15, -0.1) is 0 Å². The molecule has 0 aliphatic rings. The minimum absolute atomic E-state index is 0.00749. The minimum atomic E-state index is -0.567. The molecule has 6 nitrogen and oxygen atoms in total. The van der Waals surface area contributed by atoms with Crippen LogP contribution in [0.15, 0.2) is 84.9 Å². The predicted molar refractivity (Wildman–Crippen MR) is 126 cm³/mol. The molecule has 172 valence electrons. The first-order chi connectivity index (χ1) is 16.1. The van der Waals surface area contributed by atoms with Gasteiger partial charge in [0, 0.05) is 0 Å². The Bertz CT molecular complexity index is 983. The van der Waals surface area contributed by atoms with E-state index in [9.17, 15) is 9.59 Å². The number of carbonyl (C=O) groups is 2. The van der Waals surface area contributed by atoms with Gasteiger partial charge in [0.25, 0.3) is 0 Å². The second-order valence-electron chi connectivity index (χ2n) is 7.42. The lowest BCUT2D eigenvalue weighted by Gasteiger charge is -2.22. The van der Waals surface area contributed by atoms with Crippen LogP contribution in [0, 0.1) is 0 Å². The van der Waals surface area contributed by atoms with Crippen molar-refractivity contribution in [3.63, 3.8) is 0 Å². The van der Waals surface area contributed by atoms with Crippen molar-refractivity contribution in [2.45, 2.75) is 25.5 Å². The van der Waals surface area contributed by atoms with Gasteiger partial charge in [0.1, 0.15) is 18.5 Å². The van der Waals surface area contributed by atoms with E-state index in [1.165, 1.54) is 0 Å². The van der Waals surface area contributed by atoms with E-state index in [0.29, 0.717) is 5.75 Å². The molecule has 0 bridgehead atoms. The largest absolute Gasteiger partial charge is 0.497 e. The number of esters is 1. The van der Waals surface area contributed by atoms with Crippen LogP contribution >= 0.6 is 0 Å². The molecule has 0 aliphatic carbocycles. The second-order valence-corrected chi connectivity index (χ2v) is 7.42. The lowest BCUT2D eigenvalue weighted by Crippen LogP contribution is -2.33. The smallest absolute Gasteiger partial charge is 0.308 e. The zero-order valence-electron chi connectivity index (χ0n) is 18.9. The molecule has 0 spiro atoms. The molecule has 0 fully saturated rings. The first-order valence-corrected chi connectivity index (χ1v) is 10.9. The molecule has 0 aliphatic heterocycles. The second kappa shape index (κ2) is 12.4. The molecule has 1 atom stereocenters. The molecule has 33 heavy (non-hydrogen) atoms. The van der Waals surface area contributed by atoms with Gasteiger partial charge in [-0.25, -0.2) is 0 Å². The number of nitrogens with one attached hydrogen (secondary N) is 1. The van der Waals surface area contributed by atoms with Crippen molar-refractivity contribution in [1.29, 1.82) is 0 Å². The summed E-state index contributed by atoms with van der Waals surface area (Å²) in [5.41, 5.74) is 2.65. The van der Waals surface area contributed by atoms with Crippen molar-refractivity contribution in [1.82, 2.24) is 5.32 Å². The highest BCUT2D eigenvalue weighted by Crippen LogP contribution is 2.26. The minimum Gasteiger partial charge on any atom is -0.497 e. The maximum atomic E-state index is 12.9. The van der Waals surface area contributed by atoms with E-state index < -0.39 is 18.1 Å². The predicted octanol–water partition coefficient (Wildman–Crippen LogP) is 4.61. The van der Waals surface area contributed by atoms with Crippen molar-refractivity contribution in [2.24, 2.45) is 0 Å². The van der Waals surface area contributed by atoms with Crippen LogP contribution in [0.2, 0.25) is 0 Å². The van der Waals surface area contributed by atoms with Crippen molar-refractivity contribution in [3.05, 3.63) is 102 Å². The Kier molecular flexibility index (Phi) is 9.03. The van der Waals surface area contributed by atoms with E-state index in [1.807, 2.05) is 72.8 Å². The van der Waals surface area contributed by atoms with Crippen LogP contribution in [-0.2, 0) is 19.1 Å². The summed E-state index contributed by atoms with van der Waals surface area (Å²) < 4.78 is 16.4. The van der Waals surface area contributed by atoms with Gasteiger partial charge in [-0.3, -0.25) is 9.59 Å². The van der Waals surface area contributed by atoms with Gasteiger partial charge in [0.2, 0.25) is 5.91 Å². The third kappa shape index (κ3) is 7.19. The zero-order chi connectivity index (χ0) is 23.5. The number of rotatable bonds is 11. The normalized spacial score (nSPS) is 11.6. The molecule has 0 saturated heterocycles. The highest BCUT2D eigenvalue weighted by atomic mass is 16.5. The van der Waals surface area contributed by atoms with Gasteiger partial charge in [-0.1, -0.05) is 72.8 Å². The third-order valence-electron chi connectivity index (χ3n) is 5.09. The highest BCUT2D eigenvalue weighted by molar-refractivity contribution is 5.79. The van der Waals surface area contributed by atoms with Crippen LogP contribution < -0.4 is 10.1 Å². The fraction of sp³-hybridized carbons (Fsp3) is 0.259. The van der Waals surface area contributed by atoms with Crippen molar-refractivity contribution in [2.75, 3.05) is 20.3 Å². The summed E-state index contributed by atoms with van der Waals surface area (Å²) in [7, 11) is 1.57. The number of hydrogen-bond donors (Lipinski definition) is 1. The zero-order valence-corrected chi connectivity index (χ0v) is 18.9. The Morgan fingerprint density at radius 1 is 0.848 bits per heavy atom. The van der Waals surface area contributed by atoms with E-state index in [1.54, 1.807) is 26.2 Å². The molecule has 0 aromatic heterocycles. The Morgan fingerprint density at radius 2 is 1.45 bits per heavy atom. The first-order valence-electron chi connectivity index (χ1n) is 10.9. The summed E-state index contributed by atoms with van der Waals surface area (Å²) in [6.45, 7) is 1.85. The van der Waals surface area contributed by atoms with E-state index in [0.717, 1.165) is 16.7 Å². The van der Waals surface area contributed by atoms with Crippen LogP contribution in [0.3, 0.4) is 0 Å². The maximum Gasteiger partial charge on any atom is 0.308 e. The molecule has 0 saturated carbocycles. The summed E-state index contributed by atoms with van der Waals surface area (Å²) in [6.07, 6.45) is -0.383. The molecular weight excluding hydrogens is 418 g/mol. The van der Waals surface area contributed by atoms with Gasteiger partial charge in [0.15, 0.2) is 0 Å². The summed E-state index contributed by atoms with van der Waals surface area (Å²) in [5.74, 6) is -0.0814. The molecule has 0 radical (unpaired) electrons. The number of benzene rings is 3. The lowest BCUT2D eigenvalue weighted by molar-refractivity contribution is -0.144. The molecule has 1 unspecified atom stereocenters. The Balaban J connectivity index is 1.73. The number of ether oxygens (including phenoxy) is 3. The number of amides is 1.